The average molecular weight is 409 g/mol. The molecule has 0 atom stereocenters. The Hall–Kier alpha value is -3.36. The van der Waals surface area contributed by atoms with Gasteiger partial charge in [-0.2, -0.15) is 0 Å². The number of fused-ring (bicyclic) bond motifs is 1. The third-order valence-corrected chi connectivity index (χ3v) is 4.11. The van der Waals surface area contributed by atoms with Crippen LogP contribution in [0.4, 0.5) is 17.6 Å². The minimum Gasteiger partial charge on any atom is -0.491 e. The molecule has 0 unspecified atom stereocenters. The monoisotopic (exact) mass is 409 g/mol. The quantitative estimate of drug-likeness (QED) is 0.361. The van der Waals surface area contributed by atoms with E-state index in [0.29, 0.717) is 6.07 Å². The first kappa shape index (κ1) is 20.4. The normalized spacial score (nSPS) is 11.0. The number of pyridine rings is 1. The Labute approximate surface area is 162 Å². The van der Waals surface area contributed by atoms with Crippen molar-refractivity contribution in [2.24, 2.45) is 0 Å². The number of hydrogen-bond acceptors (Lipinski definition) is 4. The zero-order valence-corrected chi connectivity index (χ0v) is 15.4. The van der Waals surface area contributed by atoms with Gasteiger partial charge in [-0.25, -0.2) is 22.4 Å². The number of rotatable bonds is 5. The van der Waals surface area contributed by atoms with E-state index in [9.17, 15) is 27.2 Å². The van der Waals surface area contributed by atoms with Gasteiger partial charge in [0.25, 0.3) is 0 Å². The van der Waals surface area contributed by atoms with Crippen molar-refractivity contribution in [2.45, 2.75) is 13.8 Å². The fourth-order valence-electron chi connectivity index (χ4n) is 2.86. The highest BCUT2D eigenvalue weighted by molar-refractivity contribution is 5.94. The molecule has 0 radical (unpaired) electrons. The Morgan fingerprint density at radius 1 is 1.00 bits per heavy atom. The molecule has 3 aromatic rings. The lowest BCUT2D eigenvalue weighted by Gasteiger charge is -2.15. The van der Waals surface area contributed by atoms with Crippen molar-refractivity contribution >= 4 is 16.9 Å². The lowest BCUT2D eigenvalue weighted by Crippen LogP contribution is -2.21. The third kappa shape index (κ3) is 3.55. The predicted octanol–water partition coefficient (Wildman–Crippen LogP) is 4.12. The summed E-state index contributed by atoms with van der Waals surface area (Å²) in [6.07, 6.45) is 0.901. The standard InChI is InChI=1S/C20H15F4NO4/c1-3-28-15-6-5-10(7-13(15)21)25-9-12(20(27)29-4-2)19(26)11-8-14(22)16(23)17(24)18(11)25/h5-9H,3-4H2,1-2H3. The lowest BCUT2D eigenvalue weighted by molar-refractivity contribution is 0.0524. The van der Waals surface area contributed by atoms with E-state index in [1.807, 2.05) is 0 Å². The van der Waals surface area contributed by atoms with Gasteiger partial charge < -0.3 is 14.0 Å². The van der Waals surface area contributed by atoms with Gasteiger partial charge in [-0.3, -0.25) is 4.79 Å². The molecule has 3 rings (SSSR count). The first-order chi connectivity index (χ1) is 13.8. The molecule has 152 valence electrons. The number of carbonyl (C=O) groups excluding carboxylic acids is 1. The number of benzene rings is 2. The fraction of sp³-hybridized carbons (Fsp3) is 0.200. The van der Waals surface area contributed by atoms with Crippen molar-refractivity contribution in [3.05, 3.63) is 69.5 Å². The summed E-state index contributed by atoms with van der Waals surface area (Å²) >= 11 is 0. The summed E-state index contributed by atoms with van der Waals surface area (Å²) < 4.78 is 67.3. The lowest BCUT2D eigenvalue weighted by atomic mass is 10.1. The molecule has 0 bridgehead atoms. The van der Waals surface area contributed by atoms with Gasteiger partial charge in [0.1, 0.15) is 5.56 Å². The Balaban J connectivity index is 2.40. The van der Waals surface area contributed by atoms with E-state index in [1.54, 1.807) is 6.92 Å². The van der Waals surface area contributed by atoms with Crippen LogP contribution in [0.15, 0.2) is 35.3 Å². The van der Waals surface area contributed by atoms with Gasteiger partial charge in [0.15, 0.2) is 29.0 Å². The van der Waals surface area contributed by atoms with Crippen LogP contribution in [0.5, 0.6) is 5.75 Å². The topological polar surface area (TPSA) is 57.5 Å². The molecule has 0 aliphatic heterocycles. The number of ether oxygens (including phenoxy) is 2. The van der Waals surface area contributed by atoms with Crippen molar-refractivity contribution in [3.8, 4) is 11.4 Å². The number of hydrogen-bond donors (Lipinski definition) is 0. The summed E-state index contributed by atoms with van der Waals surface area (Å²) in [6.45, 7) is 3.30. The second kappa shape index (κ2) is 7.94. The molecule has 0 saturated carbocycles. The first-order valence-corrected chi connectivity index (χ1v) is 8.62. The number of carbonyl (C=O) groups is 1. The van der Waals surface area contributed by atoms with Crippen molar-refractivity contribution < 1.29 is 31.8 Å². The van der Waals surface area contributed by atoms with Gasteiger partial charge in [0.2, 0.25) is 5.43 Å². The molecule has 9 heteroatoms. The van der Waals surface area contributed by atoms with Crippen LogP contribution in [0.25, 0.3) is 16.6 Å². The Kier molecular flexibility index (Phi) is 5.58. The van der Waals surface area contributed by atoms with E-state index >= 15 is 0 Å². The maximum Gasteiger partial charge on any atom is 0.343 e. The van der Waals surface area contributed by atoms with Crippen LogP contribution < -0.4 is 10.2 Å². The molecular weight excluding hydrogens is 394 g/mol. The van der Waals surface area contributed by atoms with E-state index in [1.165, 1.54) is 19.1 Å². The molecule has 0 aliphatic rings. The van der Waals surface area contributed by atoms with Crippen LogP contribution in [0.2, 0.25) is 0 Å². The van der Waals surface area contributed by atoms with E-state index in [0.717, 1.165) is 16.8 Å². The molecule has 0 saturated heterocycles. The SMILES string of the molecule is CCOC(=O)c1cn(-c2ccc(OCC)c(F)c2)c2c(F)c(F)c(F)cc2c1=O. The number of nitrogens with zero attached hydrogens (tertiary/aromatic N) is 1. The van der Waals surface area contributed by atoms with Crippen LogP contribution in [0, 0.1) is 23.3 Å². The van der Waals surface area contributed by atoms with Gasteiger partial charge in [-0.15, -0.1) is 0 Å². The highest BCUT2D eigenvalue weighted by Crippen LogP contribution is 2.27. The second-order valence-electron chi connectivity index (χ2n) is 5.89. The predicted molar refractivity (Wildman–Crippen MR) is 96.5 cm³/mol. The molecule has 1 aromatic heterocycles. The van der Waals surface area contributed by atoms with Gasteiger partial charge in [-0.1, -0.05) is 0 Å². The molecule has 0 spiro atoms. The molecule has 0 N–H and O–H groups in total. The number of esters is 1. The zero-order chi connectivity index (χ0) is 21.3. The minimum atomic E-state index is -1.80. The zero-order valence-electron chi connectivity index (χ0n) is 15.4. The highest BCUT2D eigenvalue weighted by Gasteiger charge is 2.24. The van der Waals surface area contributed by atoms with Crippen LogP contribution >= 0.6 is 0 Å². The molecular formula is C20H15F4NO4. The van der Waals surface area contributed by atoms with Gasteiger partial charge in [0, 0.05) is 18.0 Å². The summed E-state index contributed by atoms with van der Waals surface area (Å²) in [5.41, 5.74) is -2.28. The summed E-state index contributed by atoms with van der Waals surface area (Å²) in [7, 11) is 0. The Morgan fingerprint density at radius 3 is 2.34 bits per heavy atom. The summed E-state index contributed by atoms with van der Waals surface area (Å²) in [4.78, 5) is 24.7. The highest BCUT2D eigenvalue weighted by atomic mass is 19.2. The van der Waals surface area contributed by atoms with E-state index in [2.05, 4.69) is 0 Å². The first-order valence-electron chi connectivity index (χ1n) is 8.62. The van der Waals surface area contributed by atoms with Gasteiger partial charge >= 0.3 is 5.97 Å². The molecule has 1 heterocycles. The molecule has 0 fully saturated rings. The van der Waals surface area contributed by atoms with E-state index < -0.39 is 51.1 Å². The average Bonchev–Trinajstić information content (AvgIpc) is 2.69. The second-order valence-corrected chi connectivity index (χ2v) is 5.89. The van der Waals surface area contributed by atoms with Gasteiger partial charge in [-0.05, 0) is 32.0 Å². The molecule has 0 amide bonds. The largest absolute Gasteiger partial charge is 0.491 e. The molecule has 5 nitrogen and oxygen atoms in total. The van der Waals surface area contributed by atoms with Crippen LogP contribution in [-0.4, -0.2) is 23.8 Å². The van der Waals surface area contributed by atoms with Crippen molar-refractivity contribution in [1.82, 2.24) is 4.57 Å². The van der Waals surface area contributed by atoms with Crippen LogP contribution in [-0.2, 0) is 4.74 Å². The van der Waals surface area contributed by atoms with Crippen molar-refractivity contribution in [1.29, 1.82) is 0 Å². The summed E-state index contributed by atoms with van der Waals surface area (Å²) in [5, 5.41) is -0.596. The van der Waals surface area contributed by atoms with Crippen molar-refractivity contribution in [3.63, 3.8) is 0 Å². The van der Waals surface area contributed by atoms with E-state index in [-0.39, 0.29) is 24.7 Å². The number of aromatic nitrogens is 1. The summed E-state index contributed by atoms with van der Waals surface area (Å²) in [6, 6.07) is 4.00. The van der Waals surface area contributed by atoms with Crippen LogP contribution in [0.3, 0.4) is 0 Å². The fourth-order valence-corrected chi connectivity index (χ4v) is 2.86. The molecule has 2 aromatic carbocycles. The van der Waals surface area contributed by atoms with Gasteiger partial charge in [0.05, 0.1) is 24.1 Å². The van der Waals surface area contributed by atoms with Crippen molar-refractivity contribution in [2.75, 3.05) is 13.2 Å². The Morgan fingerprint density at radius 2 is 1.72 bits per heavy atom. The maximum absolute atomic E-state index is 14.6. The molecule has 29 heavy (non-hydrogen) atoms. The van der Waals surface area contributed by atoms with E-state index in [4.69, 9.17) is 9.47 Å². The maximum atomic E-state index is 14.6. The number of halogens is 4. The van der Waals surface area contributed by atoms with Crippen LogP contribution in [0.1, 0.15) is 24.2 Å². The smallest absolute Gasteiger partial charge is 0.343 e. The minimum absolute atomic E-state index is 0.0496. The molecule has 0 aliphatic carbocycles. The Bertz CT molecular complexity index is 1170. The summed E-state index contributed by atoms with van der Waals surface area (Å²) in [5.74, 6) is -6.98. The third-order valence-electron chi connectivity index (χ3n) is 4.11.